The van der Waals surface area contributed by atoms with Crippen LogP contribution in [0.3, 0.4) is 0 Å². The lowest BCUT2D eigenvalue weighted by Gasteiger charge is -2.19. The van der Waals surface area contributed by atoms with Gasteiger partial charge in [0, 0.05) is 16.6 Å². The van der Waals surface area contributed by atoms with E-state index in [1.54, 1.807) is 36.5 Å². The molecule has 132 valence electrons. The summed E-state index contributed by atoms with van der Waals surface area (Å²) in [6, 6.07) is 15.5. The number of para-hydroxylation sites is 1. The first kappa shape index (κ1) is 17.9. The Hall–Kier alpha value is -2.92. The van der Waals surface area contributed by atoms with Crippen molar-refractivity contribution in [3.8, 4) is 0 Å². The van der Waals surface area contributed by atoms with Gasteiger partial charge in [-0.05, 0) is 29.8 Å². The average molecular weight is 369 g/mol. The SMILES string of the molecule is COC(=O)CC(NC(=O)c1ccnc2ccccc12)c1ccc(Cl)cc1. The number of carbonyl (C=O) groups excluding carboxylic acids is 2. The number of esters is 1. The van der Waals surface area contributed by atoms with Crippen molar-refractivity contribution in [2.24, 2.45) is 0 Å². The van der Waals surface area contributed by atoms with Gasteiger partial charge in [-0.3, -0.25) is 14.6 Å². The summed E-state index contributed by atoms with van der Waals surface area (Å²) in [6.07, 6.45) is 1.61. The molecule has 3 rings (SSSR count). The number of methoxy groups -OCH3 is 1. The molecule has 0 fully saturated rings. The van der Waals surface area contributed by atoms with Crippen LogP contribution in [0.15, 0.2) is 60.8 Å². The molecule has 3 aromatic rings. The first-order chi connectivity index (χ1) is 12.6. The summed E-state index contributed by atoms with van der Waals surface area (Å²) in [7, 11) is 1.32. The molecule has 26 heavy (non-hydrogen) atoms. The quantitative estimate of drug-likeness (QED) is 0.693. The number of fused-ring (bicyclic) bond motifs is 1. The van der Waals surface area contributed by atoms with Crippen molar-refractivity contribution in [3.63, 3.8) is 0 Å². The molecule has 1 unspecified atom stereocenters. The van der Waals surface area contributed by atoms with E-state index in [1.165, 1.54) is 7.11 Å². The fourth-order valence-corrected chi connectivity index (χ4v) is 2.85. The molecule has 2 aromatic carbocycles. The Morgan fingerprint density at radius 3 is 2.58 bits per heavy atom. The van der Waals surface area contributed by atoms with Crippen LogP contribution in [-0.4, -0.2) is 24.0 Å². The summed E-state index contributed by atoms with van der Waals surface area (Å²) in [5.41, 5.74) is 2.00. The summed E-state index contributed by atoms with van der Waals surface area (Å²) in [5.74, 6) is -0.697. The number of pyridine rings is 1. The highest BCUT2D eigenvalue weighted by atomic mass is 35.5. The third kappa shape index (κ3) is 4.00. The lowest BCUT2D eigenvalue weighted by molar-refractivity contribution is -0.141. The molecule has 1 aromatic heterocycles. The van der Waals surface area contributed by atoms with E-state index in [0.29, 0.717) is 10.6 Å². The van der Waals surface area contributed by atoms with Crippen molar-refractivity contribution in [3.05, 3.63) is 76.9 Å². The van der Waals surface area contributed by atoms with Crippen molar-refractivity contribution in [1.29, 1.82) is 0 Å². The zero-order chi connectivity index (χ0) is 18.5. The summed E-state index contributed by atoms with van der Waals surface area (Å²) in [4.78, 5) is 28.9. The van der Waals surface area contributed by atoms with E-state index in [-0.39, 0.29) is 12.3 Å². The van der Waals surface area contributed by atoms with Crippen LogP contribution in [0, 0.1) is 0 Å². The maximum Gasteiger partial charge on any atom is 0.307 e. The topological polar surface area (TPSA) is 68.3 Å². The van der Waals surface area contributed by atoms with E-state index in [1.807, 2.05) is 24.3 Å². The number of amides is 1. The van der Waals surface area contributed by atoms with Crippen LogP contribution in [0.25, 0.3) is 10.9 Å². The largest absolute Gasteiger partial charge is 0.469 e. The Kier molecular flexibility index (Phi) is 5.49. The zero-order valence-electron chi connectivity index (χ0n) is 14.1. The smallest absolute Gasteiger partial charge is 0.307 e. The Bertz CT molecular complexity index is 936. The van der Waals surface area contributed by atoms with Crippen molar-refractivity contribution in [2.45, 2.75) is 12.5 Å². The molecule has 1 N–H and O–H groups in total. The molecule has 5 nitrogen and oxygen atoms in total. The molecule has 0 saturated carbocycles. The Morgan fingerprint density at radius 2 is 1.85 bits per heavy atom. The maximum absolute atomic E-state index is 12.9. The van der Waals surface area contributed by atoms with Crippen molar-refractivity contribution in [1.82, 2.24) is 10.3 Å². The van der Waals surface area contributed by atoms with Crippen LogP contribution in [0.2, 0.25) is 5.02 Å². The number of aromatic nitrogens is 1. The van der Waals surface area contributed by atoms with Gasteiger partial charge in [-0.15, -0.1) is 0 Å². The van der Waals surface area contributed by atoms with Gasteiger partial charge in [0.2, 0.25) is 0 Å². The molecule has 0 aliphatic heterocycles. The number of halogens is 1. The molecular weight excluding hydrogens is 352 g/mol. The summed E-state index contributed by atoms with van der Waals surface area (Å²) >= 11 is 5.93. The Labute approximate surface area is 156 Å². The molecule has 0 aliphatic carbocycles. The number of ether oxygens (including phenoxy) is 1. The number of benzene rings is 2. The van der Waals surface area contributed by atoms with Gasteiger partial charge in [0.15, 0.2) is 0 Å². The van der Waals surface area contributed by atoms with E-state index in [9.17, 15) is 9.59 Å². The second-order valence-electron chi connectivity index (χ2n) is 5.73. The second kappa shape index (κ2) is 7.97. The highest BCUT2D eigenvalue weighted by molar-refractivity contribution is 6.30. The molecular formula is C20H17ClN2O3. The number of hydrogen-bond donors (Lipinski definition) is 1. The monoisotopic (exact) mass is 368 g/mol. The van der Waals surface area contributed by atoms with Gasteiger partial charge >= 0.3 is 5.97 Å². The molecule has 6 heteroatoms. The molecule has 1 heterocycles. The number of rotatable bonds is 5. The minimum Gasteiger partial charge on any atom is -0.469 e. The van der Waals surface area contributed by atoms with Gasteiger partial charge in [0.1, 0.15) is 0 Å². The lowest BCUT2D eigenvalue weighted by atomic mass is 10.0. The van der Waals surface area contributed by atoms with Gasteiger partial charge < -0.3 is 10.1 Å². The average Bonchev–Trinajstić information content (AvgIpc) is 2.67. The second-order valence-corrected chi connectivity index (χ2v) is 6.17. The molecule has 1 atom stereocenters. The predicted octanol–water partition coefficient (Wildman–Crippen LogP) is 3.92. The minimum absolute atomic E-state index is 0.0207. The van der Waals surface area contributed by atoms with Gasteiger partial charge in [0.25, 0.3) is 5.91 Å². The fraction of sp³-hybridized carbons (Fsp3) is 0.150. The van der Waals surface area contributed by atoms with E-state index in [2.05, 4.69) is 10.3 Å². The van der Waals surface area contributed by atoms with E-state index >= 15 is 0 Å². The third-order valence-corrected chi connectivity index (χ3v) is 4.32. The van der Waals surface area contributed by atoms with Crippen LogP contribution < -0.4 is 5.32 Å². The number of nitrogens with one attached hydrogen (secondary N) is 1. The van der Waals surface area contributed by atoms with Crippen LogP contribution >= 0.6 is 11.6 Å². The van der Waals surface area contributed by atoms with Crippen LogP contribution in [0.1, 0.15) is 28.4 Å². The van der Waals surface area contributed by atoms with E-state index < -0.39 is 12.0 Å². The minimum atomic E-state index is -0.529. The van der Waals surface area contributed by atoms with E-state index in [4.69, 9.17) is 16.3 Å². The van der Waals surface area contributed by atoms with Crippen LogP contribution in [-0.2, 0) is 9.53 Å². The molecule has 0 radical (unpaired) electrons. The van der Waals surface area contributed by atoms with Gasteiger partial charge in [-0.1, -0.05) is 41.9 Å². The highest BCUT2D eigenvalue weighted by Crippen LogP contribution is 2.22. The summed E-state index contributed by atoms with van der Waals surface area (Å²) in [6.45, 7) is 0. The van der Waals surface area contributed by atoms with Gasteiger partial charge in [-0.25, -0.2) is 0 Å². The number of hydrogen-bond acceptors (Lipinski definition) is 4. The van der Waals surface area contributed by atoms with Crippen LogP contribution in [0.4, 0.5) is 0 Å². The standard InChI is InChI=1S/C20H17ClN2O3/c1-26-19(24)12-18(13-6-8-14(21)9-7-13)23-20(25)16-10-11-22-17-5-3-2-4-15(16)17/h2-11,18H,12H2,1H3,(H,23,25). The maximum atomic E-state index is 12.9. The first-order valence-corrected chi connectivity index (χ1v) is 8.43. The van der Waals surface area contributed by atoms with Crippen molar-refractivity contribution in [2.75, 3.05) is 7.11 Å². The molecule has 1 amide bonds. The lowest BCUT2D eigenvalue weighted by Crippen LogP contribution is -2.30. The normalized spacial score (nSPS) is 11.8. The van der Waals surface area contributed by atoms with Crippen molar-refractivity contribution >= 4 is 34.4 Å². The zero-order valence-corrected chi connectivity index (χ0v) is 14.9. The third-order valence-electron chi connectivity index (χ3n) is 4.07. The predicted molar refractivity (Wildman–Crippen MR) is 100 cm³/mol. The van der Waals surface area contributed by atoms with Gasteiger partial charge in [0.05, 0.1) is 30.7 Å². The molecule has 0 bridgehead atoms. The Morgan fingerprint density at radius 1 is 1.12 bits per heavy atom. The Balaban J connectivity index is 1.91. The van der Waals surface area contributed by atoms with E-state index in [0.717, 1.165) is 16.5 Å². The summed E-state index contributed by atoms with van der Waals surface area (Å²) in [5, 5.41) is 4.25. The molecule has 0 saturated heterocycles. The molecule has 0 spiro atoms. The molecule has 0 aliphatic rings. The highest BCUT2D eigenvalue weighted by Gasteiger charge is 2.21. The number of nitrogens with zero attached hydrogens (tertiary/aromatic N) is 1. The first-order valence-electron chi connectivity index (χ1n) is 8.05. The fourth-order valence-electron chi connectivity index (χ4n) is 2.73. The number of carbonyl (C=O) groups is 2. The van der Waals surface area contributed by atoms with Gasteiger partial charge in [-0.2, -0.15) is 0 Å². The van der Waals surface area contributed by atoms with Crippen molar-refractivity contribution < 1.29 is 14.3 Å². The summed E-state index contributed by atoms with van der Waals surface area (Å²) < 4.78 is 4.76. The van der Waals surface area contributed by atoms with Crippen LogP contribution in [0.5, 0.6) is 0 Å².